The van der Waals surface area contributed by atoms with Crippen LogP contribution >= 0.6 is 0 Å². The minimum Gasteiger partial charge on any atom is -0.0625 e. The Balaban J connectivity index is 1.46. The molecule has 0 aromatic heterocycles. The quantitative estimate of drug-likeness (QED) is 0.594. The summed E-state index contributed by atoms with van der Waals surface area (Å²) in [7, 11) is 0. The highest BCUT2D eigenvalue weighted by atomic mass is 14.6. The van der Waals surface area contributed by atoms with Gasteiger partial charge in [-0.1, -0.05) is 41.5 Å². The maximum Gasteiger partial charge on any atom is -0.0352 e. The molecule has 0 spiro atoms. The van der Waals surface area contributed by atoms with E-state index in [9.17, 15) is 0 Å². The minimum atomic E-state index is 0.927. The Labute approximate surface area is 120 Å². The lowest BCUT2D eigenvalue weighted by atomic mass is 9.89. The maximum absolute atomic E-state index is 2.57. The summed E-state index contributed by atoms with van der Waals surface area (Å²) in [6.07, 6.45) is 4.63. The zero-order valence-electron chi connectivity index (χ0n) is 13.9. The van der Waals surface area contributed by atoms with Crippen molar-refractivity contribution in [3.05, 3.63) is 0 Å². The van der Waals surface area contributed by atoms with Crippen LogP contribution in [0.1, 0.15) is 60.8 Å². The van der Waals surface area contributed by atoms with E-state index < -0.39 is 0 Å². The van der Waals surface area contributed by atoms with Crippen LogP contribution < -0.4 is 0 Å². The van der Waals surface area contributed by atoms with Gasteiger partial charge >= 0.3 is 0 Å². The molecular formula is C19H34. The first-order chi connectivity index (χ1) is 8.91. The zero-order chi connectivity index (χ0) is 13.9. The molecule has 3 aliphatic carbocycles. The van der Waals surface area contributed by atoms with Gasteiger partial charge in [-0.05, 0) is 78.4 Å². The van der Waals surface area contributed by atoms with Gasteiger partial charge in [-0.2, -0.15) is 0 Å². The zero-order valence-corrected chi connectivity index (χ0v) is 13.9. The van der Waals surface area contributed by atoms with Crippen molar-refractivity contribution in [2.24, 2.45) is 59.2 Å². The Kier molecular flexibility index (Phi) is 3.51. The topological polar surface area (TPSA) is 0 Å². The lowest BCUT2D eigenvalue weighted by Gasteiger charge is -2.16. The fraction of sp³-hybridized carbons (Fsp3) is 1.00. The van der Waals surface area contributed by atoms with Crippen LogP contribution in [0.4, 0.5) is 0 Å². The van der Waals surface area contributed by atoms with Crippen molar-refractivity contribution < 1.29 is 0 Å². The Morgan fingerprint density at radius 3 is 1.00 bits per heavy atom. The van der Waals surface area contributed by atoms with Gasteiger partial charge in [-0.3, -0.25) is 0 Å². The molecule has 0 bridgehead atoms. The first-order valence-corrected chi connectivity index (χ1v) is 8.91. The van der Waals surface area contributed by atoms with Crippen molar-refractivity contribution in [3.63, 3.8) is 0 Å². The summed E-state index contributed by atoms with van der Waals surface area (Å²) in [5, 5.41) is 0. The van der Waals surface area contributed by atoms with Crippen LogP contribution in [0.5, 0.6) is 0 Å². The summed E-state index contributed by atoms with van der Waals surface area (Å²) in [6, 6.07) is 0. The second-order valence-corrected chi connectivity index (χ2v) is 8.90. The normalized spacial score (nSPS) is 47.4. The van der Waals surface area contributed by atoms with Crippen LogP contribution in [-0.2, 0) is 0 Å². The molecule has 3 fully saturated rings. The number of rotatable bonds is 6. The molecule has 0 heteroatoms. The highest BCUT2D eigenvalue weighted by Gasteiger charge is 2.56. The second kappa shape index (κ2) is 4.78. The molecule has 0 amide bonds. The van der Waals surface area contributed by atoms with Gasteiger partial charge in [0.05, 0.1) is 0 Å². The molecule has 0 saturated heterocycles. The van der Waals surface area contributed by atoms with E-state index in [4.69, 9.17) is 0 Å². The molecule has 0 heterocycles. The fourth-order valence-corrected chi connectivity index (χ4v) is 5.29. The minimum absolute atomic E-state index is 0.927. The van der Waals surface area contributed by atoms with Crippen LogP contribution in [0.2, 0.25) is 0 Å². The van der Waals surface area contributed by atoms with E-state index in [0.29, 0.717) is 0 Å². The second-order valence-electron chi connectivity index (χ2n) is 8.90. The predicted molar refractivity (Wildman–Crippen MR) is 82.8 cm³/mol. The Bertz CT molecular complexity index is 297. The summed E-state index contributed by atoms with van der Waals surface area (Å²) >= 11 is 0. The molecule has 5 unspecified atom stereocenters. The molecular weight excluding hydrogens is 228 g/mol. The molecule has 3 aliphatic rings. The van der Waals surface area contributed by atoms with Crippen LogP contribution in [0.25, 0.3) is 0 Å². The Morgan fingerprint density at radius 2 is 0.737 bits per heavy atom. The van der Waals surface area contributed by atoms with Gasteiger partial charge in [0.2, 0.25) is 0 Å². The van der Waals surface area contributed by atoms with Gasteiger partial charge in [-0.15, -0.1) is 0 Å². The first-order valence-electron chi connectivity index (χ1n) is 8.91. The van der Waals surface area contributed by atoms with Crippen molar-refractivity contribution in [2.75, 3.05) is 0 Å². The summed E-state index contributed by atoms with van der Waals surface area (Å²) in [4.78, 5) is 0. The molecule has 3 saturated carbocycles. The van der Waals surface area contributed by atoms with E-state index >= 15 is 0 Å². The van der Waals surface area contributed by atoms with Crippen LogP contribution in [0.15, 0.2) is 0 Å². The van der Waals surface area contributed by atoms with Crippen molar-refractivity contribution in [1.82, 2.24) is 0 Å². The summed E-state index contributed by atoms with van der Waals surface area (Å²) in [5.41, 5.74) is 0. The van der Waals surface area contributed by atoms with Crippen LogP contribution in [-0.4, -0.2) is 0 Å². The average molecular weight is 262 g/mol. The maximum atomic E-state index is 2.57. The van der Waals surface area contributed by atoms with Crippen molar-refractivity contribution in [3.8, 4) is 0 Å². The lowest BCUT2D eigenvalue weighted by Crippen LogP contribution is -2.11. The molecule has 3 rings (SSSR count). The molecule has 0 radical (unpaired) electrons. The molecule has 0 aromatic carbocycles. The summed E-state index contributed by atoms with van der Waals surface area (Å²) < 4.78 is 0. The predicted octanol–water partition coefficient (Wildman–Crippen LogP) is 5.48. The van der Waals surface area contributed by atoms with Gasteiger partial charge in [-0.25, -0.2) is 0 Å². The smallest absolute Gasteiger partial charge is 0.0352 e. The molecule has 110 valence electrons. The van der Waals surface area contributed by atoms with E-state index in [1.54, 1.807) is 6.42 Å². The van der Waals surface area contributed by atoms with Gasteiger partial charge in [0, 0.05) is 0 Å². The fourth-order valence-electron chi connectivity index (χ4n) is 5.29. The third-order valence-electron chi connectivity index (χ3n) is 7.09. The third kappa shape index (κ3) is 2.61. The van der Waals surface area contributed by atoms with Crippen LogP contribution in [0, 0.1) is 59.2 Å². The molecule has 0 nitrogen and oxygen atoms in total. The lowest BCUT2D eigenvalue weighted by molar-refractivity contribution is 0.316. The summed E-state index contributed by atoms with van der Waals surface area (Å²) in [5.74, 6) is 10.4. The number of hydrogen-bond donors (Lipinski definition) is 0. The van der Waals surface area contributed by atoms with E-state index in [0.717, 1.165) is 59.2 Å². The van der Waals surface area contributed by atoms with E-state index in [2.05, 4.69) is 41.5 Å². The van der Waals surface area contributed by atoms with Crippen molar-refractivity contribution in [1.29, 1.82) is 0 Å². The van der Waals surface area contributed by atoms with Gasteiger partial charge < -0.3 is 0 Å². The van der Waals surface area contributed by atoms with E-state index in [1.165, 1.54) is 12.8 Å². The van der Waals surface area contributed by atoms with E-state index in [-0.39, 0.29) is 0 Å². The average Bonchev–Trinajstić information content (AvgIpc) is 3.27. The molecule has 19 heavy (non-hydrogen) atoms. The largest absolute Gasteiger partial charge is 0.0625 e. The Morgan fingerprint density at radius 1 is 0.474 bits per heavy atom. The monoisotopic (exact) mass is 262 g/mol. The standard InChI is InChI=1S/C19H34/c1-10(2)14-7-16(14)12(5)18-9-19(18)13(6)17-8-15(17)11(3)4/h10-19H,7-9H2,1-6H3/t12?,13?,14-,15+,16?,17?,18-,19?/m1/s1. The molecule has 8 atom stereocenters. The highest BCUT2D eigenvalue weighted by molar-refractivity contribution is 5.05. The molecule has 0 aromatic rings. The highest BCUT2D eigenvalue weighted by Crippen LogP contribution is 2.63. The summed E-state index contributed by atoms with van der Waals surface area (Å²) in [6.45, 7) is 14.8. The molecule has 0 aliphatic heterocycles. The van der Waals surface area contributed by atoms with Gasteiger partial charge in [0.25, 0.3) is 0 Å². The van der Waals surface area contributed by atoms with Crippen LogP contribution in [0.3, 0.4) is 0 Å². The first kappa shape index (κ1) is 14.0. The van der Waals surface area contributed by atoms with Gasteiger partial charge in [0.15, 0.2) is 0 Å². The van der Waals surface area contributed by atoms with Gasteiger partial charge in [0.1, 0.15) is 0 Å². The molecule has 0 N–H and O–H groups in total. The number of hydrogen-bond acceptors (Lipinski definition) is 0. The van der Waals surface area contributed by atoms with Crippen molar-refractivity contribution in [2.45, 2.75) is 60.8 Å². The van der Waals surface area contributed by atoms with E-state index in [1.807, 2.05) is 0 Å². The van der Waals surface area contributed by atoms with Crippen molar-refractivity contribution >= 4 is 0 Å². The SMILES string of the molecule is CC(C1C[C@@H]1C(C)C1C[C@@H]1C(C)C)C1C[C@H]1C(C)C. The third-order valence-corrected chi connectivity index (χ3v) is 7.09. The Hall–Kier alpha value is 0.